The van der Waals surface area contributed by atoms with Gasteiger partial charge in [0.2, 0.25) is 5.91 Å². The Morgan fingerprint density at radius 3 is 2.14 bits per heavy atom. The molecule has 0 aromatic heterocycles. The zero-order valence-corrected chi connectivity index (χ0v) is 24.1. The number of amides is 2. The third-order valence-electron chi connectivity index (χ3n) is 6.61. The first-order valence-corrected chi connectivity index (χ1v) is 14.3. The number of alkyl halides is 3. The van der Waals surface area contributed by atoms with Crippen LogP contribution in [0.3, 0.4) is 0 Å². The first-order valence-electron chi connectivity index (χ1n) is 13.1. The van der Waals surface area contributed by atoms with Gasteiger partial charge in [-0.2, -0.15) is 13.2 Å². The van der Waals surface area contributed by atoms with Crippen molar-refractivity contribution in [2.75, 3.05) is 10.6 Å². The average Bonchev–Trinajstić information content (AvgIpc) is 3.00. The van der Waals surface area contributed by atoms with E-state index < -0.39 is 40.5 Å². The van der Waals surface area contributed by atoms with Gasteiger partial charge in [0, 0.05) is 26.6 Å². The van der Waals surface area contributed by atoms with Gasteiger partial charge in [-0.1, -0.05) is 72.3 Å². The summed E-state index contributed by atoms with van der Waals surface area (Å²) in [5.41, 5.74) is -0.421. The van der Waals surface area contributed by atoms with Gasteiger partial charge in [-0.25, -0.2) is 4.79 Å². The smallest absolute Gasteiger partial charge is 0.418 e. The summed E-state index contributed by atoms with van der Waals surface area (Å²) in [6.45, 7) is 0. The predicted molar refractivity (Wildman–Crippen MR) is 165 cm³/mol. The van der Waals surface area contributed by atoms with Crippen molar-refractivity contribution in [2.45, 2.75) is 16.3 Å². The fourth-order valence-electron chi connectivity index (χ4n) is 4.65. The van der Waals surface area contributed by atoms with Crippen molar-refractivity contribution in [2.24, 2.45) is 0 Å². The number of hydrogen-bond acceptors (Lipinski definition) is 4. The summed E-state index contributed by atoms with van der Waals surface area (Å²) >= 11 is 6.88. The zero-order valence-electron chi connectivity index (χ0n) is 22.6. The van der Waals surface area contributed by atoms with Gasteiger partial charge >= 0.3 is 12.1 Å². The summed E-state index contributed by atoms with van der Waals surface area (Å²) < 4.78 is 41.1. The lowest BCUT2D eigenvalue weighted by atomic mass is 9.98. The molecule has 0 fully saturated rings. The van der Waals surface area contributed by atoms with Crippen molar-refractivity contribution in [3.8, 4) is 0 Å². The Kier molecular flexibility index (Phi) is 8.93. The van der Waals surface area contributed by atoms with E-state index in [1.54, 1.807) is 78.9 Å². The number of thioether (sulfide) groups is 1. The molecule has 1 atom stereocenters. The van der Waals surface area contributed by atoms with Crippen molar-refractivity contribution in [3.63, 3.8) is 0 Å². The van der Waals surface area contributed by atoms with Crippen molar-refractivity contribution >= 4 is 63.3 Å². The lowest BCUT2D eigenvalue weighted by molar-refractivity contribution is -0.137. The predicted octanol–water partition coefficient (Wildman–Crippen LogP) is 8.93. The molecule has 3 N–H and O–H groups in total. The van der Waals surface area contributed by atoms with Gasteiger partial charge in [0.25, 0.3) is 5.91 Å². The number of anilines is 2. The molecule has 44 heavy (non-hydrogen) atoms. The van der Waals surface area contributed by atoms with Gasteiger partial charge in [-0.15, -0.1) is 11.8 Å². The van der Waals surface area contributed by atoms with Gasteiger partial charge in [-0.05, 0) is 59.5 Å². The molecule has 5 aromatic carbocycles. The lowest BCUT2D eigenvalue weighted by Gasteiger charge is -2.20. The molecule has 5 rings (SSSR count). The van der Waals surface area contributed by atoms with Gasteiger partial charge in [0.05, 0.1) is 16.8 Å². The molecule has 0 saturated heterocycles. The highest BCUT2D eigenvalue weighted by Crippen LogP contribution is 2.40. The molecule has 0 bridgehead atoms. The zero-order chi connectivity index (χ0) is 31.4. The maximum absolute atomic E-state index is 13.7. The number of fused-ring (bicyclic) bond motifs is 1. The van der Waals surface area contributed by atoms with Crippen LogP contribution in [0.4, 0.5) is 24.5 Å². The van der Waals surface area contributed by atoms with E-state index >= 15 is 0 Å². The molecule has 6 nitrogen and oxygen atoms in total. The average molecular weight is 635 g/mol. The van der Waals surface area contributed by atoms with Crippen molar-refractivity contribution < 1.29 is 32.7 Å². The molecule has 0 aliphatic heterocycles. The number of hydrogen-bond donors (Lipinski definition) is 3. The SMILES string of the molecule is O=C(O)c1cccc2cccc(C(=O)Nc3cccc(SC(C(=O)Nc4ccc(Cl)cc4C(F)(F)F)c4ccccc4)c3)c12. The van der Waals surface area contributed by atoms with Crippen LogP contribution in [0.1, 0.15) is 37.1 Å². The number of nitrogens with one attached hydrogen (secondary N) is 2. The normalized spacial score (nSPS) is 12.0. The van der Waals surface area contributed by atoms with Gasteiger partial charge < -0.3 is 15.7 Å². The van der Waals surface area contributed by atoms with Crippen LogP contribution in [0.5, 0.6) is 0 Å². The summed E-state index contributed by atoms with van der Waals surface area (Å²) in [4.78, 5) is 39.2. The molecule has 0 radical (unpaired) electrons. The molecule has 11 heteroatoms. The maximum Gasteiger partial charge on any atom is 0.418 e. The summed E-state index contributed by atoms with van der Waals surface area (Å²) in [5.74, 6) is -2.40. The first-order chi connectivity index (χ1) is 21.0. The maximum atomic E-state index is 13.7. The third kappa shape index (κ3) is 6.88. The number of halogens is 4. The van der Waals surface area contributed by atoms with E-state index in [4.69, 9.17) is 11.6 Å². The van der Waals surface area contributed by atoms with Crippen LogP contribution in [0, 0.1) is 0 Å². The molecule has 1 unspecified atom stereocenters. The Labute approximate surface area is 258 Å². The van der Waals surface area contributed by atoms with E-state index in [9.17, 15) is 32.7 Å². The fraction of sp³-hybridized carbons (Fsp3) is 0.0606. The molecule has 222 valence electrons. The van der Waals surface area contributed by atoms with Crippen molar-refractivity contribution in [3.05, 3.63) is 136 Å². The Bertz CT molecular complexity index is 1880. The molecule has 0 aliphatic carbocycles. The van der Waals surface area contributed by atoms with E-state index in [0.29, 0.717) is 26.9 Å². The van der Waals surface area contributed by atoms with E-state index in [-0.39, 0.29) is 16.1 Å². The summed E-state index contributed by atoms with van der Waals surface area (Å²) in [6.07, 6.45) is -4.75. The van der Waals surface area contributed by atoms with Crippen LogP contribution >= 0.6 is 23.4 Å². The Morgan fingerprint density at radius 2 is 1.45 bits per heavy atom. The van der Waals surface area contributed by atoms with Crippen molar-refractivity contribution in [1.82, 2.24) is 0 Å². The molecule has 0 aliphatic rings. The highest BCUT2D eigenvalue weighted by Gasteiger charge is 2.35. The van der Waals surface area contributed by atoms with Crippen LogP contribution in [0.2, 0.25) is 5.02 Å². The quantitative estimate of drug-likeness (QED) is 0.148. The van der Waals surface area contributed by atoms with E-state index in [1.165, 1.54) is 18.2 Å². The second-order valence-electron chi connectivity index (χ2n) is 9.58. The minimum atomic E-state index is -4.75. The van der Waals surface area contributed by atoms with Gasteiger partial charge in [0.15, 0.2) is 0 Å². The number of carboxylic acids is 1. The number of carboxylic acid groups (broad SMARTS) is 1. The second-order valence-corrected chi connectivity index (χ2v) is 11.2. The summed E-state index contributed by atoms with van der Waals surface area (Å²) in [5, 5.41) is 14.7. The van der Waals surface area contributed by atoms with E-state index in [2.05, 4.69) is 10.6 Å². The molecular formula is C33H22ClF3N2O4S. The lowest BCUT2D eigenvalue weighted by Crippen LogP contribution is -2.21. The fourth-order valence-corrected chi connectivity index (χ4v) is 5.90. The monoisotopic (exact) mass is 634 g/mol. The van der Waals surface area contributed by atoms with Crippen molar-refractivity contribution in [1.29, 1.82) is 0 Å². The highest BCUT2D eigenvalue weighted by atomic mass is 35.5. The minimum Gasteiger partial charge on any atom is -0.478 e. The van der Waals surface area contributed by atoms with Crippen LogP contribution in [0.15, 0.2) is 114 Å². The molecule has 5 aromatic rings. The van der Waals surface area contributed by atoms with Crippen LogP contribution < -0.4 is 10.6 Å². The first kappa shape index (κ1) is 30.7. The van der Waals surface area contributed by atoms with Gasteiger partial charge in [-0.3, -0.25) is 9.59 Å². The molecule has 0 spiro atoms. The Balaban J connectivity index is 1.42. The molecule has 0 saturated carbocycles. The third-order valence-corrected chi connectivity index (χ3v) is 8.09. The van der Waals surface area contributed by atoms with Crippen LogP contribution in [-0.2, 0) is 11.0 Å². The topological polar surface area (TPSA) is 95.5 Å². The number of benzene rings is 5. The van der Waals surface area contributed by atoms with Gasteiger partial charge in [0.1, 0.15) is 5.25 Å². The number of rotatable bonds is 8. The molecule has 0 heterocycles. The highest BCUT2D eigenvalue weighted by molar-refractivity contribution is 8.00. The minimum absolute atomic E-state index is 0.0105. The van der Waals surface area contributed by atoms with Crippen LogP contribution in [0.25, 0.3) is 10.8 Å². The van der Waals surface area contributed by atoms with Crippen LogP contribution in [-0.4, -0.2) is 22.9 Å². The number of aromatic carboxylic acids is 1. The summed E-state index contributed by atoms with van der Waals surface area (Å²) in [7, 11) is 0. The summed E-state index contributed by atoms with van der Waals surface area (Å²) in [6, 6.07) is 27.9. The van der Waals surface area contributed by atoms with E-state index in [1.807, 2.05) is 0 Å². The standard InChI is InChI=1S/C33H22ClF3N2O4S/c34-21-15-16-27(26(17-21)33(35,36)37)39-31(41)29(20-7-2-1-3-8-20)44-23-12-6-11-22(18-23)38-30(40)24-13-4-9-19-10-5-14-25(28(19)24)32(42)43/h1-18,29H,(H,38,40)(H,39,41)(H,42,43). The Hall–Kier alpha value is -4.80. The van der Waals surface area contributed by atoms with E-state index in [0.717, 1.165) is 23.9 Å². The second kappa shape index (κ2) is 12.8. The number of carbonyl (C=O) groups is 3. The molecular weight excluding hydrogens is 613 g/mol. The molecule has 2 amide bonds. The Morgan fingerprint density at radius 1 is 0.773 bits per heavy atom. The largest absolute Gasteiger partial charge is 0.478 e. The number of carbonyl (C=O) groups excluding carboxylic acids is 2.